The number of ether oxygens (including phenoxy) is 2. The summed E-state index contributed by atoms with van der Waals surface area (Å²) in [7, 11) is 0. The number of carbonyl (C=O) groups excluding carboxylic acids is 2. The normalized spacial score (nSPS) is 14.7. The predicted octanol–water partition coefficient (Wildman–Crippen LogP) is 5.24. The number of thioether (sulfide) groups is 1. The number of halogens is 1. The molecule has 1 heterocycles. The van der Waals surface area contributed by atoms with Gasteiger partial charge in [0.05, 0.1) is 22.1 Å². The van der Waals surface area contributed by atoms with Crippen LogP contribution in [0.15, 0.2) is 54.0 Å². The molecular weight excluding hydrogens is 454 g/mol. The summed E-state index contributed by atoms with van der Waals surface area (Å²) in [6.07, 6.45) is 3.07. The first-order valence-electron chi connectivity index (χ1n) is 9.61. The molecular formula is C23H20ClNO6S. The van der Waals surface area contributed by atoms with Crippen LogP contribution in [0.2, 0.25) is 5.02 Å². The first-order valence-corrected chi connectivity index (χ1v) is 10.8. The number of carbonyl (C=O) groups is 3. The third-order valence-electron chi connectivity index (χ3n) is 4.40. The highest BCUT2D eigenvalue weighted by atomic mass is 35.5. The summed E-state index contributed by atoms with van der Waals surface area (Å²) in [5.74, 6) is -0.678. The van der Waals surface area contributed by atoms with Crippen LogP contribution >= 0.6 is 23.4 Å². The highest BCUT2D eigenvalue weighted by Gasteiger charge is 2.34. The molecule has 0 bridgehead atoms. The monoisotopic (exact) mass is 473 g/mol. The van der Waals surface area contributed by atoms with Crippen molar-refractivity contribution in [1.29, 1.82) is 0 Å². The van der Waals surface area contributed by atoms with E-state index in [2.05, 4.69) is 6.58 Å². The predicted molar refractivity (Wildman–Crippen MR) is 123 cm³/mol. The molecule has 7 nitrogen and oxygen atoms in total. The molecule has 32 heavy (non-hydrogen) atoms. The third kappa shape index (κ3) is 5.33. The van der Waals surface area contributed by atoms with Crippen molar-refractivity contribution in [2.45, 2.75) is 13.5 Å². The summed E-state index contributed by atoms with van der Waals surface area (Å²) < 4.78 is 11.5. The number of nitrogens with zero attached hydrogens (tertiary/aromatic N) is 1. The molecule has 2 aromatic rings. The Hall–Kier alpha value is -3.23. The van der Waals surface area contributed by atoms with E-state index in [9.17, 15) is 14.4 Å². The molecule has 0 saturated carbocycles. The molecule has 0 aliphatic carbocycles. The summed E-state index contributed by atoms with van der Waals surface area (Å²) >= 11 is 7.29. The van der Waals surface area contributed by atoms with E-state index >= 15 is 0 Å². The number of hydrogen-bond acceptors (Lipinski definition) is 6. The Labute approximate surface area is 194 Å². The summed E-state index contributed by atoms with van der Waals surface area (Å²) in [6.45, 7) is 6.03. The lowest BCUT2D eigenvalue weighted by atomic mass is 10.1. The van der Waals surface area contributed by atoms with Crippen LogP contribution in [-0.4, -0.2) is 40.3 Å². The largest absolute Gasteiger partial charge is 0.490 e. The number of rotatable bonds is 9. The average molecular weight is 474 g/mol. The van der Waals surface area contributed by atoms with Gasteiger partial charge in [0.25, 0.3) is 11.1 Å². The molecule has 2 amide bonds. The van der Waals surface area contributed by atoms with Crippen LogP contribution in [0.25, 0.3) is 6.08 Å². The van der Waals surface area contributed by atoms with Gasteiger partial charge in [0, 0.05) is 6.54 Å². The molecule has 1 aliphatic heterocycles. The van der Waals surface area contributed by atoms with Gasteiger partial charge in [-0.2, -0.15) is 0 Å². The molecule has 0 unspecified atom stereocenters. The minimum atomic E-state index is -1.00. The van der Waals surface area contributed by atoms with Crippen LogP contribution in [0, 0.1) is 0 Å². The molecule has 166 valence electrons. The molecule has 0 aromatic heterocycles. The molecule has 1 saturated heterocycles. The second kappa shape index (κ2) is 10.4. The van der Waals surface area contributed by atoms with Crippen LogP contribution in [0.4, 0.5) is 4.79 Å². The lowest BCUT2D eigenvalue weighted by Gasteiger charge is -2.15. The fourth-order valence-electron chi connectivity index (χ4n) is 2.91. The van der Waals surface area contributed by atoms with Crippen LogP contribution in [0.5, 0.6) is 11.5 Å². The molecule has 1 N–H and O–H groups in total. The zero-order valence-corrected chi connectivity index (χ0v) is 18.7. The van der Waals surface area contributed by atoms with Gasteiger partial charge in [0.1, 0.15) is 6.61 Å². The first kappa shape index (κ1) is 23.4. The van der Waals surface area contributed by atoms with E-state index in [1.54, 1.807) is 30.3 Å². The van der Waals surface area contributed by atoms with Crippen molar-refractivity contribution in [2.24, 2.45) is 0 Å². The minimum absolute atomic E-state index is 0.146. The van der Waals surface area contributed by atoms with Gasteiger partial charge in [-0.3, -0.25) is 14.5 Å². The second-order valence-electron chi connectivity index (χ2n) is 6.63. The fraction of sp³-hybridized carbons (Fsp3) is 0.174. The molecule has 1 fully saturated rings. The number of amides is 2. The number of carboxylic acid groups (broad SMARTS) is 1. The van der Waals surface area contributed by atoms with Crippen molar-refractivity contribution < 1.29 is 29.0 Å². The van der Waals surface area contributed by atoms with Crippen molar-refractivity contribution >= 4 is 46.6 Å². The van der Waals surface area contributed by atoms with Gasteiger partial charge in [0.2, 0.25) is 0 Å². The summed E-state index contributed by atoms with van der Waals surface area (Å²) in [5.41, 5.74) is 1.53. The van der Waals surface area contributed by atoms with E-state index in [0.29, 0.717) is 23.7 Å². The Morgan fingerprint density at radius 3 is 2.56 bits per heavy atom. The van der Waals surface area contributed by atoms with Gasteiger partial charge in [-0.1, -0.05) is 29.8 Å². The number of hydrogen-bond donors (Lipinski definition) is 1. The first-order chi connectivity index (χ1) is 15.3. The third-order valence-corrected chi connectivity index (χ3v) is 5.59. The lowest BCUT2D eigenvalue weighted by molar-refractivity contribution is -0.122. The van der Waals surface area contributed by atoms with E-state index < -0.39 is 5.97 Å². The Balaban J connectivity index is 1.83. The van der Waals surface area contributed by atoms with Crippen LogP contribution in [0.1, 0.15) is 28.4 Å². The highest BCUT2D eigenvalue weighted by molar-refractivity contribution is 8.18. The maximum absolute atomic E-state index is 12.4. The van der Waals surface area contributed by atoms with Crippen molar-refractivity contribution in [2.75, 3.05) is 13.2 Å². The van der Waals surface area contributed by atoms with Crippen molar-refractivity contribution in [3.63, 3.8) is 0 Å². The smallest absolute Gasteiger partial charge is 0.335 e. The van der Waals surface area contributed by atoms with Gasteiger partial charge >= 0.3 is 5.97 Å². The summed E-state index contributed by atoms with van der Waals surface area (Å²) in [5, 5.41) is 8.91. The van der Waals surface area contributed by atoms with E-state index in [-0.39, 0.29) is 39.8 Å². The number of imide groups is 1. The van der Waals surface area contributed by atoms with Crippen molar-refractivity contribution in [1.82, 2.24) is 4.90 Å². The zero-order chi connectivity index (χ0) is 23.3. The minimum Gasteiger partial charge on any atom is -0.490 e. The van der Waals surface area contributed by atoms with E-state index in [1.165, 1.54) is 18.2 Å². The fourth-order valence-corrected chi connectivity index (χ4v) is 4.03. The molecule has 0 radical (unpaired) electrons. The van der Waals surface area contributed by atoms with Crippen molar-refractivity contribution in [3.05, 3.63) is 75.7 Å². The van der Waals surface area contributed by atoms with Crippen LogP contribution in [0.3, 0.4) is 0 Å². The molecule has 3 rings (SSSR count). The summed E-state index contributed by atoms with van der Waals surface area (Å²) in [6, 6.07) is 9.61. The van der Waals surface area contributed by atoms with Crippen LogP contribution in [-0.2, 0) is 11.4 Å². The number of aromatic carboxylic acids is 1. The Bertz CT molecular complexity index is 1100. The van der Waals surface area contributed by atoms with Crippen LogP contribution < -0.4 is 9.47 Å². The van der Waals surface area contributed by atoms with Gasteiger partial charge in [-0.05, 0) is 60.2 Å². The maximum atomic E-state index is 12.4. The van der Waals surface area contributed by atoms with Gasteiger partial charge in [0.15, 0.2) is 11.5 Å². The zero-order valence-electron chi connectivity index (χ0n) is 17.2. The molecule has 1 aliphatic rings. The maximum Gasteiger partial charge on any atom is 0.335 e. The number of carboxylic acids is 1. The molecule has 0 atom stereocenters. The topological polar surface area (TPSA) is 93.1 Å². The molecule has 9 heteroatoms. The second-order valence-corrected chi connectivity index (χ2v) is 8.04. The highest BCUT2D eigenvalue weighted by Crippen LogP contribution is 2.39. The van der Waals surface area contributed by atoms with Crippen molar-refractivity contribution in [3.8, 4) is 11.5 Å². The van der Waals surface area contributed by atoms with Gasteiger partial charge < -0.3 is 14.6 Å². The number of benzene rings is 2. The van der Waals surface area contributed by atoms with Gasteiger partial charge in [-0.15, -0.1) is 6.58 Å². The van der Waals surface area contributed by atoms with Gasteiger partial charge in [-0.25, -0.2) is 4.79 Å². The molecule has 2 aromatic carbocycles. The molecule has 0 spiro atoms. The standard InChI is InChI=1S/C23H20ClNO6S/c1-3-9-25-21(26)19(32-23(25)29)12-15-10-17(24)20(18(11-15)30-4-2)31-13-14-5-7-16(8-6-14)22(27)28/h3,5-8,10-12H,1,4,9,13H2,2H3,(H,27,28)/b19-12+. The quantitative estimate of drug-likeness (QED) is 0.393. The Morgan fingerprint density at radius 2 is 1.94 bits per heavy atom. The average Bonchev–Trinajstić information content (AvgIpc) is 3.01. The Morgan fingerprint density at radius 1 is 1.22 bits per heavy atom. The SMILES string of the molecule is C=CCN1C(=O)S/C(=C/c2cc(Cl)c(OCc3ccc(C(=O)O)cc3)c(OCC)c2)C1=O. The Kier molecular flexibility index (Phi) is 7.61. The lowest BCUT2D eigenvalue weighted by Crippen LogP contribution is -2.27. The van der Waals surface area contributed by atoms with E-state index in [1.807, 2.05) is 6.92 Å². The van der Waals surface area contributed by atoms with E-state index in [4.69, 9.17) is 26.2 Å². The summed E-state index contributed by atoms with van der Waals surface area (Å²) in [4.78, 5) is 36.8. The van der Waals surface area contributed by atoms with E-state index in [0.717, 1.165) is 22.2 Å².